The molecule has 0 saturated heterocycles. The molecule has 0 aliphatic heterocycles. The van der Waals surface area contributed by atoms with Crippen molar-refractivity contribution in [1.82, 2.24) is 20.1 Å². The Bertz CT molecular complexity index is 739. The van der Waals surface area contributed by atoms with E-state index in [9.17, 15) is 4.79 Å². The number of nitrogens with zero attached hydrogens (tertiary/aromatic N) is 3. The van der Waals surface area contributed by atoms with Gasteiger partial charge >= 0.3 is 0 Å². The molecule has 7 heteroatoms. The minimum absolute atomic E-state index is 0.0318. The molecule has 1 amide bonds. The van der Waals surface area contributed by atoms with Gasteiger partial charge in [0.2, 0.25) is 5.91 Å². The summed E-state index contributed by atoms with van der Waals surface area (Å²) in [7, 11) is 1.66. The molecule has 1 fully saturated rings. The average Bonchev–Trinajstić information content (AvgIpc) is 3.08. The lowest BCUT2D eigenvalue weighted by Crippen LogP contribution is -2.27. The van der Waals surface area contributed by atoms with Gasteiger partial charge in [0.1, 0.15) is 11.6 Å². The molecule has 0 bridgehead atoms. The van der Waals surface area contributed by atoms with Gasteiger partial charge in [0, 0.05) is 12.6 Å². The Balaban J connectivity index is 1.45. The van der Waals surface area contributed by atoms with Crippen LogP contribution in [0.5, 0.6) is 5.75 Å². The second-order valence-electron chi connectivity index (χ2n) is 6.93. The van der Waals surface area contributed by atoms with E-state index in [0.717, 1.165) is 23.2 Å². The molecule has 0 radical (unpaired) electrons. The van der Waals surface area contributed by atoms with Gasteiger partial charge in [-0.3, -0.25) is 4.79 Å². The molecule has 1 aromatic carbocycles. The van der Waals surface area contributed by atoms with Gasteiger partial charge in [0.25, 0.3) is 0 Å². The molecular weight excluding hydrogens is 360 g/mol. The fraction of sp³-hybridized carbons (Fsp3) is 0.550. The SMILES string of the molecule is COc1ccc(CCNC(=O)CSc2nnc(C)n2C2CCCCC2)cc1. The quantitative estimate of drug-likeness (QED) is 0.701. The summed E-state index contributed by atoms with van der Waals surface area (Å²) in [6.45, 7) is 2.63. The summed E-state index contributed by atoms with van der Waals surface area (Å²) in [5, 5.41) is 12.4. The Morgan fingerprint density at radius 3 is 2.67 bits per heavy atom. The minimum Gasteiger partial charge on any atom is -0.497 e. The Labute approximate surface area is 165 Å². The zero-order valence-electron chi connectivity index (χ0n) is 16.1. The molecule has 2 aromatic rings. The molecule has 1 aliphatic carbocycles. The molecule has 0 atom stereocenters. The third-order valence-electron chi connectivity index (χ3n) is 5.00. The highest BCUT2D eigenvalue weighted by molar-refractivity contribution is 7.99. The van der Waals surface area contributed by atoms with E-state index in [1.54, 1.807) is 7.11 Å². The maximum absolute atomic E-state index is 12.2. The van der Waals surface area contributed by atoms with Crippen molar-refractivity contribution in [3.8, 4) is 5.75 Å². The molecule has 6 nitrogen and oxygen atoms in total. The van der Waals surface area contributed by atoms with E-state index in [0.29, 0.717) is 18.3 Å². The smallest absolute Gasteiger partial charge is 0.230 e. The summed E-state index contributed by atoms with van der Waals surface area (Å²) < 4.78 is 7.39. The number of benzene rings is 1. The molecule has 1 aromatic heterocycles. The lowest BCUT2D eigenvalue weighted by atomic mass is 9.95. The monoisotopic (exact) mass is 388 g/mol. The molecule has 1 heterocycles. The summed E-state index contributed by atoms with van der Waals surface area (Å²) in [5.41, 5.74) is 1.18. The lowest BCUT2D eigenvalue weighted by molar-refractivity contribution is -0.118. The Hall–Kier alpha value is -2.02. The van der Waals surface area contributed by atoms with Gasteiger partial charge in [-0.2, -0.15) is 0 Å². The van der Waals surface area contributed by atoms with Gasteiger partial charge in [-0.05, 0) is 43.9 Å². The van der Waals surface area contributed by atoms with E-state index in [-0.39, 0.29) is 5.91 Å². The van der Waals surface area contributed by atoms with E-state index in [1.807, 2.05) is 31.2 Å². The summed E-state index contributed by atoms with van der Waals surface area (Å²) in [6, 6.07) is 8.40. The third kappa shape index (κ3) is 5.48. The molecule has 146 valence electrons. The first kappa shape index (κ1) is 19.7. The fourth-order valence-corrected chi connectivity index (χ4v) is 4.41. The van der Waals surface area contributed by atoms with E-state index < -0.39 is 0 Å². The fourth-order valence-electron chi connectivity index (χ4n) is 3.53. The van der Waals surface area contributed by atoms with Gasteiger partial charge < -0.3 is 14.6 Å². The van der Waals surface area contributed by atoms with Crippen molar-refractivity contribution < 1.29 is 9.53 Å². The highest BCUT2D eigenvalue weighted by Crippen LogP contribution is 2.32. The molecule has 1 N–H and O–H groups in total. The van der Waals surface area contributed by atoms with Crippen LogP contribution in [-0.4, -0.2) is 40.1 Å². The Morgan fingerprint density at radius 2 is 1.96 bits per heavy atom. The van der Waals surface area contributed by atoms with E-state index >= 15 is 0 Å². The zero-order chi connectivity index (χ0) is 19.1. The first-order chi connectivity index (χ1) is 13.2. The van der Waals surface area contributed by atoms with Crippen molar-refractivity contribution in [3.63, 3.8) is 0 Å². The van der Waals surface area contributed by atoms with Crippen LogP contribution >= 0.6 is 11.8 Å². The van der Waals surface area contributed by atoms with Crippen molar-refractivity contribution >= 4 is 17.7 Å². The van der Waals surface area contributed by atoms with Gasteiger partial charge in [-0.25, -0.2) is 0 Å². The highest BCUT2D eigenvalue weighted by Gasteiger charge is 2.21. The molecular formula is C20H28N4O2S. The predicted octanol–water partition coefficient (Wildman–Crippen LogP) is 3.55. The molecule has 3 rings (SSSR count). The largest absolute Gasteiger partial charge is 0.497 e. The van der Waals surface area contributed by atoms with Gasteiger partial charge in [0.05, 0.1) is 12.9 Å². The number of methoxy groups -OCH3 is 1. The van der Waals surface area contributed by atoms with Crippen LogP contribution in [0, 0.1) is 6.92 Å². The van der Waals surface area contributed by atoms with Crippen molar-refractivity contribution in [2.75, 3.05) is 19.4 Å². The van der Waals surface area contributed by atoms with Crippen LogP contribution in [0.3, 0.4) is 0 Å². The number of ether oxygens (including phenoxy) is 1. The van der Waals surface area contributed by atoms with Crippen LogP contribution in [0.2, 0.25) is 0 Å². The van der Waals surface area contributed by atoms with Gasteiger partial charge in [-0.15, -0.1) is 10.2 Å². The second-order valence-corrected chi connectivity index (χ2v) is 7.87. The maximum atomic E-state index is 12.2. The second kappa shape index (κ2) is 9.78. The van der Waals surface area contributed by atoms with E-state index in [1.165, 1.54) is 49.4 Å². The third-order valence-corrected chi connectivity index (χ3v) is 5.95. The number of amides is 1. The Morgan fingerprint density at radius 1 is 1.22 bits per heavy atom. The summed E-state index contributed by atoms with van der Waals surface area (Å²) in [4.78, 5) is 12.2. The first-order valence-corrected chi connectivity index (χ1v) is 10.6. The maximum Gasteiger partial charge on any atom is 0.230 e. The van der Waals surface area contributed by atoms with Crippen molar-refractivity contribution in [2.45, 2.75) is 56.6 Å². The standard InChI is InChI=1S/C20H28N4O2S/c1-15-22-23-20(24(15)17-6-4-3-5-7-17)27-14-19(25)21-13-12-16-8-10-18(26-2)11-9-16/h8-11,17H,3-7,12-14H2,1-2H3,(H,21,25). The average molecular weight is 389 g/mol. The topological polar surface area (TPSA) is 69.0 Å². The number of aromatic nitrogens is 3. The molecule has 27 heavy (non-hydrogen) atoms. The van der Waals surface area contributed by atoms with Crippen LogP contribution in [0.4, 0.5) is 0 Å². The van der Waals surface area contributed by atoms with Crippen LogP contribution in [0.15, 0.2) is 29.4 Å². The van der Waals surface area contributed by atoms with E-state index in [2.05, 4.69) is 20.1 Å². The van der Waals surface area contributed by atoms with Crippen LogP contribution in [-0.2, 0) is 11.2 Å². The number of rotatable bonds is 8. The molecule has 0 unspecified atom stereocenters. The number of carbonyl (C=O) groups excluding carboxylic acids is 1. The summed E-state index contributed by atoms with van der Waals surface area (Å²) in [6.07, 6.45) is 7.01. The Kier molecular flexibility index (Phi) is 7.15. The minimum atomic E-state index is 0.0318. The summed E-state index contributed by atoms with van der Waals surface area (Å²) >= 11 is 1.48. The van der Waals surface area contributed by atoms with Gasteiger partial charge in [-0.1, -0.05) is 43.2 Å². The van der Waals surface area contributed by atoms with Crippen molar-refractivity contribution in [3.05, 3.63) is 35.7 Å². The van der Waals surface area contributed by atoms with E-state index in [4.69, 9.17) is 4.74 Å². The molecule has 0 spiro atoms. The van der Waals surface area contributed by atoms with Crippen molar-refractivity contribution in [1.29, 1.82) is 0 Å². The van der Waals surface area contributed by atoms with Crippen LogP contribution < -0.4 is 10.1 Å². The molecule has 1 saturated carbocycles. The number of carbonyl (C=O) groups is 1. The zero-order valence-corrected chi connectivity index (χ0v) is 16.9. The lowest BCUT2D eigenvalue weighted by Gasteiger charge is -2.24. The number of thioether (sulfide) groups is 1. The highest BCUT2D eigenvalue weighted by atomic mass is 32.2. The normalized spacial score (nSPS) is 14.9. The number of hydrogen-bond acceptors (Lipinski definition) is 5. The summed E-state index contributed by atoms with van der Waals surface area (Å²) in [5.74, 6) is 2.19. The number of aryl methyl sites for hydroxylation is 1. The van der Waals surface area contributed by atoms with Crippen LogP contribution in [0.25, 0.3) is 0 Å². The van der Waals surface area contributed by atoms with Crippen LogP contribution in [0.1, 0.15) is 49.5 Å². The van der Waals surface area contributed by atoms with Crippen molar-refractivity contribution in [2.24, 2.45) is 0 Å². The first-order valence-electron chi connectivity index (χ1n) is 9.61. The molecule has 1 aliphatic rings. The predicted molar refractivity (Wildman–Crippen MR) is 107 cm³/mol. The van der Waals surface area contributed by atoms with Gasteiger partial charge in [0.15, 0.2) is 5.16 Å². The number of nitrogens with one attached hydrogen (secondary N) is 1. The number of hydrogen-bond donors (Lipinski definition) is 1.